The van der Waals surface area contributed by atoms with Gasteiger partial charge in [0.05, 0.1) is 5.60 Å². The van der Waals surface area contributed by atoms with Gasteiger partial charge in [0, 0.05) is 30.3 Å². The number of hydrogen-bond donors (Lipinski definition) is 0. The molecule has 3 rings (SSSR count). The Morgan fingerprint density at radius 2 is 2.11 bits per heavy atom. The molecule has 1 aromatic rings. The van der Waals surface area contributed by atoms with E-state index < -0.39 is 0 Å². The molecule has 1 aromatic heterocycles. The molecule has 0 N–H and O–H groups in total. The molecular formula is C16H21NO2. The molecule has 102 valence electrons. The Morgan fingerprint density at radius 1 is 1.26 bits per heavy atom. The zero-order valence-corrected chi connectivity index (χ0v) is 11.3. The van der Waals surface area contributed by atoms with Crippen molar-refractivity contribution in [1.82, 2.24) is 4.98 Å². The van der Waals surface area contributed by atoms with E-state index in [0.717, 1.165) is 44.3 Å². The Hall–Kier alpha value is -1.22. The zero-order chi connectivity index (χ0) is 13.2. The number of carbonyl (C=O) groups is 1. The van der Waals surface area contributed by atoms with Crippen molar-refractivity contribution < 1.29 is 9.53 Å². The van der Waals surface area contributed by atoms with Gasteiger partial charge in [-0.05, 0) is 37.8 Å². The number of aromatic nitrogens is 1. The molecule has 1 saturated carbocycles. The predicted octanol–water partition coefficient (Wildman–Crippen LogP) is 3.03. The molecule has 1 aliphatic carbocycles. The molecule has 0 aromatic carbocycles. The Labute approximate surface area is 114 Å². The number of nitrogens with zero attached hydrogens (tertiary/aromatic N) is 1. The first-order valence-corrected chi connectivity index (χ1v) is 7.28. The fourth-order valence-electron chi connectivity index (χ4n) is 3.89. The predicted molar refractivity (Wildman–Crippen MR) is 73.0 cm³/mol. The van der Waals surface area contributed by atoms with E-state index in [9.17, 15) is 4.79 Å². The van der Waals surface area contributed by atoms with Crippen LogP contribution in [0.4, 0.5) is 0 Å². The summed E-state index contributed by atoms with van der Waals surface area (Å²) < 4.78 is 6.11. The fraction of sp³-hybridized carbons (Fsp3) is 0.625. The van der Waals surface area contributed by atoms with Crippen LogP contribution in [-0.4, -0.2) is 23.5 Å². The van der Waals surface area contributed by atoms with Gasteiger partial charge in [0.15, 0.2) is 0 Å². The Balaban J connectivity index is 1.94. The van der Waals surface area contributed by atoms with E-state index in [4.69, 9.17) is 4.74 Å². The lowest BCUT2D eigenvalue weighted by atomic mass is 9.68. The van der Waals surface area contributed by atoms with Gasteiger partial charge in [0.2, 0.25) is 0 Å². The minimum Gasteiger partial charge on any atom is -0.375 e. The first-order chi connectivity index (χ1) is 9.29. The van der Waals surface area contributed by atoms with Crippen LogP contribution in [0.3, 0.4) is 0 Å². The second-order valence-electron chi connectivity index (χ2n) is 6.03. The lowest BCUT2D eigenvalue weighted by molar-refractivity contribution is -0.118. The number of rotatable bonds is 3. The van der Waals surface area contributed by atoms with E-state index in [-0.39, 0.29) is 11.0 Å². The van der Waals surface area contributed by atoms with Crippen molar-refractivity contribution in [1.29, 1.82) is 0 Å². The van der Waals surface area contributed by atoms with E-state index in [0.29, 0.717) is 6.42 Å². The number of aldehydes is 1. The van der Waals surface area contributed by atoms with Gasteiger partial charge < -0.3 is 9.53 Å². The summed E-state index contributed by atoms with van der Waals surface area (Å²) in [5.41, 5.74) is 0.973. The molecule has 0 radical (unpaired) electrons. The smallest absolute Gasteiger partial charge is 0.120 e. The average molecular weight is 259 g/mol. The standard InChI is InChI=1S/C16H21NO2/c18-11-8-15(14-5-1-4-10-17-14)9-12-19-16(13-15)6-2-3-7-16/h1,4-5,10-11H,2-3,6-9,12-13H2/t15-/m0/s1. The third-order valence-corrected chi connectivity index (χ3v) is 4.85. The summed E-state index contributed by atoms with van der Waals surface area (Å²) in [5, 5.41) is 0. The second kappa shape index (κ2) is 5.04. The summed E-state index contributed by atoms with van der Waals surface area (Å²) >= 11 is 0. The van der Waals surface area contributed by atoms with Crippen LogP contribution in [0.15, 0.2) is 24.4 Å². The molecule has 0 unspecified atom stereocenters. The highest BCUT2D eigenvalue weighted by Crippen LogP contribution is 2.49. The molecular weight excluding hydrogens is 238 g/mol. The van der Waals surface area contributed by atoms with Gasteiger partial charge in [0.1, 0.15) is 6.29 Å². The van der Waals surface area contributed by atoms with Crippen LogP contribution in [-0.2, 0) is 14.9 Å². The molecule has 1 atom stereocenters. The van der Waals surface area contributed by atoms with Crippen molar-refractivity contribution in [3.63, 3.8) is 0 Å². The first kappa shape index (κ1) is 12.8. The molecule has 1 spiro atoms. The van der Waals surface area contributed by atoms with Crippen LogP contribution in [0.5, 0.6) is 0 Å². The lowest BCUT2D eigenvalue weighted by Crippen LogP contribution is -2.46. The summed E-state index contributed by atoms with van der Waals surface area (Å²) in [5.74, 6) is 0. The second-order valence-corrected chi connectivity index (χ2v) is 6.03. The molecule has 2 heterocycles. The molecule has 0 amide bonds. The summed E-state index contributed by atoms with van der Waals surface area (Å²) in [7, 11) is 0. The summed E-state index contributed by atoms with van der Waals surface area (Å²) in [4.78, 5) is 15.7. The largest absolute Gasteiger partial charge is 0.375 e. The maximum absolute atomic E-state index is 11.2. The van der Waals surface area contributed by atoms with E-state index in [2.05, 4.69) is 11.1 Å². The van der Waals surface area contributed by atoms with Crippen LogP contribution in [0.2, 0.25) is 0 Å². The van der Waals surface area contributed by atoms with Gasteiger partial charge in [-0.25, -0.2) is 0 Å². The van der Waals surface area contributed by atoms with Gasteiger partial charge in [-0.2, -0.15) is 0 Å². The Kier molecular flexibility index (Phi) is 3.40. The highest BCUT2D eigenvalue weighted by atomic mass is 16.5. The lowest BCUT2D eigenvalue weighted by Gasteiger charge is -2.45. The van der Waals surface area contributed by atoms with Crippen molar-refractivity contribution in [2.45, 2.75) is 56.0 Å². The van der Waals surface area contributed by atoms with Crippen molar-refractivity contribution in [2.75, 3.05) is 6.61 Å². The SMILES string of the molecule is O=CC[C@]1(c2ccccn2)CCOC2(CCCC2)C1. The number of hydrogen-bond acceptors (Lipinski definition) is 3. The summed E-state index contributed by atoms with van der Waals surface area (Å²) in [6.45, 7) is 0.754. The van der Waals surface area contributed by atoms with Crippen molar-refractivity contribution in [3.8, 4) is 0 Å². The molecule has 1 saturated heterocycles. The van der Waals surface area contributed by atoms with Crippen molar-refractivity contribution >= 4 is 6.29 Å². The van der Waals surface area contributed by atoms with E-state index in [1.807, 2.05) is 18.3 Å². The first-order valence-electron chi connectivity index (χ1n) is 7.28. The van der Waals surface area contributed by atoms with Crippen molar-refractivity contribution in [2.24, 2.45) is 0 Å². The third kappa shape index (κ3) is 2.32. The van der Waals surface area contributed by atoms with E-state index in [1.165, 1.54) is 12.8 Å². The molecule has 3 heteroatoms. The van der Waals surface area contributed by atoms with E-state index >= 15 is 0 Å². The van der Waals surface area contributed by atoms with Crippen LogP contribution < -0.4 is 0 Å². The van der Waals surface area contributed by atoms with Gasteiger partial charge in [-0.15, -0.1) is 0 Å². The molecule has 2 aliphatic rings. The maximum atomic E-state index is 11.2. The highest BCUT2D eigenvalue weighted by molar-refractivity contribution is 5.53. The molecule has 19 heavy (non-hydrogen) atoms. The Bertz CT molecular complexity index is 439. The van der Waals surface area contributed by atoms with Gasteiger partial charge in [-0.1, -0.05) is 18.9 Å². The van der Waals surface area contributed by atoms with Gasteiger partial charge in [-0.3, -0.25) is 4.98 Å². The molecule has 3 nitrogen and oxygen atoms in total. The van der Waals surface area contributed by atoms with Crippen molar-refractivity contribution in [3.05, 3.63) is 30.1 Å². The summed E-state index contributed by atoms with van der Waals surface area (Å²) in [6.07, 6.45) is 10.1. The number of carbonyl (C=O) groups excluding carboxylic acids is 1. The normalized spacial score (nSPS) is 29.5. The monoisotopic (exact) mass is 259 g/mol. The number of pyridine rings is 1. The van der Waals surface area contributed by atoms with E-state index in [1.54, 1.807) is 0 Å². The fourth-order valence-corrected chi connectivity index (χ4v) is 3.89. The van der Waals surface area contributed by atoms with Gasteiger partial charge in [0.25, 0.3) is 0 Å². The highest BCUT2D eigenvalue weighted by Gasteiger charge is 2.48. The van der Waals surface area contributed by atoms with Gasteiger partial charge >= 0.3 is 0 Å². The quantitative estimate of drug-likeness (QED) is 0.783. The average Bonchev–Trinajstić information content (AvgIpc) is 2.88. The minimum absolute atomic E-state index is 0.0127. The molecule has 1 aliphatic heterocycles. The van der Waals surface area contributed by atoms with Crippen LogP contribution in [0, 0.1) is 0 Å². The molecule has 0 bridgehead atoms. The Morgan fingerprint density at radius 3 is 2.79 bits per heavy atom. The van der Waals surface area contributed by atoms with Crippen LogP contribution in [0.1, 0.15) is 50.6 Å². The third-order valence-electron chi connectivity index (χ3n) is 4.85. The van der Waals surface area contributed by atoms with Crippen LogP contribution >= 0.6 is 0 Å². The van der Waals surface area contributed by atoms with Crippen LogP contribution in [0.25, 0.3) is 0 Å². The number of ether oxygens (including phenoxy) is 1. The maximum Gasteiger partial charge on any atom is 0.120 e. The minimum atomic E-state index is -0.106. The topological polar surface area (TPSA) is 39.2 Å². The summed E-state index contributed by atoms with van der Waals surface area (Å²) in [6, 6.07) is 6.02. The zero-order valence-electron chi connectivity index (χ0n) is 11.3. The molecule has 2 fully saturated rings.